The number of H-pyrrole nitrogens is 1. The first-order chi connectivity index (χ1) is 6.27. The van der Waals surface area contributed by atoms with Gasteiger partial charge < -0.3 is 0 Å². The second-order valence-corrected chi connectivity index (χ2v) is 2.77. The SMILES string of the molecule is C=CN=C([CH]=[V])c1ncnc(=S)[nH]1. The molecule has 13 heavy (non-hydrogen) atoms. The summed E-state index contributed by atoms with van der Waals surface area (Å²) < 4.78 is 2.14. The standard InChI is InChI=1S/C7H6N4S.V/c1-3-8-5(2)6-9-4-10-7(12)11-6;/h2-4H,1H2,(H,9,10,11,12);. The van der Waals surface area contributed by atoms with E-state index in [1.54, 1.807) is 4.73 Å². The van der Waals surface area contributed by atoms with Gasteiger partial charge in [-0.2, -0.15) is 0 Å². The molecule has 0 aromatic carbocycles. The fourth-order valence-corrected chi connectivity index (χ4v) is 1.13. The van der Waals surface area contributed by atoms with Crippen molar-refractivity contribution in [2.75, 3.05) is 0 Å². The first-order valence-electron chi connectivity index (χ1n) is 3.35. The molecule has 1 aromatic heterocycles. The van der Waals surface area contributed by atoms with E-state index in [0.717, 1.165) is 0 Å². The maximum atomic E-state index is 4.84. The van der Waals surface area contributed by atoms with Crippen LogP contribution in [0.15, 0.2) is 24.1 Å². The van der Waals surface area contributed by atoms with Crippen molar-refractivity contribution >= 4 is 22.7 Å². The van der Waals surface area contributed by atoms with Gasteiger partial charge in [0.15, 0.2) is 0 Å². The van der Waals surface area contributed by atoms with Gasteiger partial charge in [-0.05, 0) is 0 Å². The van der Waals surface area contributed by atoms with Crippen LogP contribution in [0.3, 0.4) is 0 Å². The maximum absolute atomic E-state index is 4.84. The molecular weight excluding hydrogens is 223 g/mol. The number of nitrogens with zero attached hydrogens (tertiary/aromatic N) is 3. The van der Waals surface area contributed by atoms with Crippen LogP contribution in [0.5, 0.6) is 0 Å². The van der Waals surface area contributed by atoms with Gasteiger partial charge in [0, 0.05) is 0 Å². The van der Waals surface area contributed by atoms with Crippen LogP contribution in [0, 0.1) is 4.77 Å². The zero-order valence-corrected chi connectivity index (χ0v) is 8.85. The van der Waals surface area contributed by atoms with Crippen LogP contribution < -0.4 is 0 Å². The minimum absolute atomic E-state index is 0.385. The molecule has 0 aliphatic heterocycles. The molecule has 0 radical (unpaired) electrons. The third-order valence-electron chi connectivity index (χ3n) is 1.18. The zero-order valence-electron chi connectivity index (χ0n) is 6.64. The van der Waals surface area contributed by atoms with Crippen molar-refractivity contribution in [3.8, 4) is 0 Å². The first kappa shape index (κ1) is 10.2. The third kappa shape index (κ3) is 2.80. The second kappa shape index (κ2) is 4.96. The van der Waals surface area contributed by atoms with Gasteiger partial charge in [0.2, 0.25) is 0 Å². The summed E-state index contributed by atoms with van der Waals surface area (Å²) in [5.74, 6) is 0.584. The van der Waals surface area contributed by atoms with Gasteiger partial charge >= 0.3 is 89.3 Å². The summed E-state index contributed by atoms with van der Waals surface area (Å²) in [4.78, 5) is 14.6. The van der Waals surface area contributed by atoms with Gasteiger partial charge in [0.25, 0.3) is 0 Å². The van der Waals surface area contributed by atoms with Crippen molar-refractivity contribution in [1.29, 1.82) is 0 Å². The molecule has 1 heterocycles. The first-order valence-corrected chi connectivity index (χ1v) is 4.57. The molecule has 0 saturated carbocycles. The number of aromatic amines is 1. The number of aromatic nitrogens is 3. The van der Waals surface area contributed by atoms with Crippen LogP contribution in [-0.4, -0.2) is 25.4 Å². The second-order valence-electron chi connectivity index (χ2n) is 1.98. The summed E-state index contributed by atoms with van der Waals surface area (Å²) in [6.07, 6.45) is 2.83. The van der Waals surface area contributed by atoms with Crippen molar-refractivity contribution in [1.82, 2.24) is 15.0 Å². The predicted octanol–water partition coefficient (Wildman–Crippen LogP) is 0.816. The van der Waals surface area contributed by atoms with Crippen molar-refractivity contribution < 1.29 is 17.0 Å². The zero-order chi connectivity index (χ0) is 9.68. The Morgan fingerprint density at radius 3 is 3.00 bits per heavy atom. The summed E-state index contributed by atoms with van der Waals surface area (Å²) in [5.41, 5.74) is 0.670. The van der Waals surface area contributed by atoms with Crippen LogP contribution in [-0.2, 0) is 17.0 Å². The normalized spacial score (nSPS) is 10.8. The van der Waals surface area contributed by atoms with Crippen molar-refractivity contribution in [3.05, 3.63) is 29.7 Å². The molecule has 0 fully saturated rings. The minimum atomic E-state index is 0.385. The topological polar surface area (TPSA) is 53.9 Å². The summed E-state index contributed by atoms with van der Waals surface area (Å²) >= 11 is 7.14. The fourth-order valence-electron chi connectivity index (χ4n) is 0.689. The number of aliphatic imine (C=N–C) groups is 1. The average molecular weight is 229 g/mol. The van der Waals surface area contributed by atoms with Gasteiger partial charge in [-0.1, -0.05) is 0 Å². The molecule has 0 atom stereocenters. The molecule has 0 unspecified atom stereocenters. The Morgan fingerprint density at radius 2 is 2.46 bits per heavy atom. The van der Waals surface area contributed by atoms with Gasteiger partial charge in [-0.3, -0.25) is 0 Å². The summed E-state index contributed by atoms with van der Waals surface area (Å²) in [6, 6.07) is 0. The molecule has 1 N–H and O–H groups in total. The Kier molecular flexibility index (Phi) is 3.88. The van der Waals surface area contributed by atoms with Gasteiger partial charge in [0.05, 0.1) is 0 Å². The van der Waals surface area contributed by atoms with Crippen LogP contribution in [0.4, 0.5) is 0 Å². The van der Waals surface area contributed by atoms with Gasteiger partial charge in [-0.25, -0.2) is 0 Å². The van der Waals surface area contributed by atoms with Crippen molar-refractivity contribution in [3.63, 3.8) is 0 Å². The molecule has 6 heteroatoms. The molecule has 1 rings (SSSR count). The van der Waals surface area contributed by atoms with E-state index in [4.69, 9.17) is 12.2 Å². The molecular formula is C7H6N4SV. The van der Waals surface area contributed by atoms with E-state index in [2.05, 4.69) is 43.5 Å². The van der Waals surface area contributed by atoms with Crippen LogP contribution in [0.2, 0.25) is 0 Å². The third-order valence-corrected chi connectivity index (χ3v) is 1.77. The van der Waals surface area contributed by atoms with Crippen LogP contribution in [0.1, 0.15) is 5.82 Å². The Labute approximate surface area is 89.4 Å². The number of hydrogen-bond acceptors (Lipinski definition) is 4. The number of nitrogens with one attached hydrogen (secondary N) is 1. The number of rotatable bonds is 3. The monoisotopic (exact) mass is 229 g/mol. The molecule has 0 bridgehead atoms. The van der Waals surface area contributed by atoms with E-state index in [-0.39, 0.29) is 0 Å². The molecule has 65 valence electrons. The van der Waals surface area contributed by atoms with E-state index in [1.165, 1.54) is 12.5 Å². The molecule has 0 spiro atoms. The summed E-state index contributed by atoms with van der Waals surface area (Å²) in [5, 5.41) is 0. The van der Waals surface area contributed by atoms with Crippen molar-refractivity contribution in [2.45, 2.75) is 0 Å². The molecule has 0 saturated heterocycles. The van der Waals surface area contributed by atoms with Crippen LogP contribution in [0.25, 0.3) is 0 Å². The Balaban J connectivity index is 3.19. The Bertz CT molecular complexity index is 409. The van der Waals surface area contributed by atoms with E-state index < -0.39 is 0 Å². The molecule has 0 aliphatic rings. The van der Waals surface area contributed by atoms with E-state index in [9.17, 15) is 0 Å². The van der Waals surface area contributed by atoms with E-state index in [0.29, 0.717) is 16.3 Å². The molecule has 0 aliphatic carbocycles. The summed E-state index contributed by atoms with van der Waals surface area (Å²) in [7, 11) is 0. The van der Waals surface area contributed by atoms with Crippen LogP contribution >= 0.6 is 12.2 Å². The summed E-state index contributed by atoms with van der Waals surface area (Å²) in [6.45, 7) is 3.50. The molecule has 0 amide bonds. The van der Waals surface area contributed by atoms with Crippen molar-refractivity contribution in [2.24, 2.45) is 4.99 Å². The Morgan fingerprint density at radius 1 is 1.69 bits per heavy atom. The van der Waals surface area contributed by atoms with E-state index >= 15 is 0 Å². The molecule has 4 nitrogen and oxygen atoms in total. The van der Waals surface area contributed by atoms with E-state index in [1.807, 2.05) is 0 Å². The molecule has 1 aromatic rings. The Hall–Kier alpha value is -0.906. The van der Waals surface area contributed by atoms with Gasteiger partial charge in [0.1, 0.15) is 0 Å². The van der Waals surface area contributed by atoms with Gasteiger partial charge in [-0.15, -0.1) is 0 Å². The fraction of sp³-hybridized carbons (Fsp3) is 0. The quantitative estimate of drug-likeness (QED) is 0.616. The predicted molar refractivity (Wildman–Crippen MR) is 50.0 cm³/mol. The number of hydrogen-bond donors (Lipinski definition) is 1. The average Bonchev–Trinajstić information content (AvgIpc) is 2.14.